The number of rotatable bonds is 7. The highest BCUT2D eigenvalue weighted by atomic mass is 79.9. The van der Waals surface area contributed by atoms with Crippen LogP contribution in [0.25, 0.3) is 0 Å². The van der Waals surface area contributed by atoms with E-state index in [2.05, 4.69) is 74.1 Å². The van der Waals surface area contributed by atoms with Gasteiger partial charge in [0.2, 0.25) is 5.69 Å². The van der Waals surface area contributed by atoms with Crippen LogP contribution in [0.1, 0.15) is 11.1 Å². The van der Waals surface area contributed by atoms with Crippen molar-refractivity contribution < 1.29 is 20.6 Å². The van der Waals surface area contributed by atoms with E-state index in [1.165, 1.54) is 7.05 Å². The smallest absolute Gasteiger partial charge is 0.228 e. The van der Waals surface area contributed by atoms with Crippen molar-refractivity contribution in [2.24, 2.45) is 0 Å². The molecule has 0 fully saturated rings. The van der Waals surface area contributed by atoms with Gasteiger partial charge >= 0.3 is 0 Å². The Labute approximate surface area is 180 Å². The van der Waals surface area contributed by atoms with Crippen molar-refractivity contribution in [2.75, 3.05) is 33.9 Å². The van der Waals surface area contributed by atoms with Gasteiger partial charge in [0.25, 0.3) is 0 Å². The fourth-order valence-corrected chi connectivity index (χ4v) is 5.43. The van der Waals surface area contributed by atoms with Gasteiger partial charge in [0, 0.05) is 29.7 Å². The first-order chi connectivity index (χ1) is 12.1. The molecule has 0 aliphatic rings. The van der Waals surface area contributed by atoms with E-state index in [1.807, 2.05) is 11.9 Å². The molecule has 26 heavy (non-hydrogen) atoms. The van der Waals surface area contributed by atoms with Crippen LogP contribution >= 0.6 is 47.8 Å². The molecule has 6 nitrogen and oxygen atoms in total. The number of hydroxylamine groups is 2. The van der Waals surface area contributed by atoms with Crippen molar-refractivity contribution in [1.29, 1.82) is 0 Å². The zero-order chi connectivity index (χ0) is 21.1. The molecule has 1 aromatic rings. The number of aliphatic hydroxyl groups excluding tert-OH is 2. The van der Waals surface area contributed by atoms with Crippen LogP contribution in [0.2, 0.25) is 0 Å². The summed E-state index contributed by atoms with van der Waals surface area (Å²) in [6, 6.07) is 0. The molecule has 0 aliphatic heterocycles. The number of nitrogens with zero attached hydrogens (tertiary/aromatic N) is 2. The Morgan fingerprint density at radius 3 is 1.73 bits per heavy atom. The summed E-state index contributed by atoms with van der Waals surface area (Å²) in [4.78, 5) is 0.563. The van der Waals surface area contributed by atoms with Gasteiger partial charge in [0.05, 0.1) is 15.6 Å². The predicted octanol–water partition coefficient (Wildman–Crippen LogP) is 4.25. The summed E-state index contributed by atoms with van der Waals surface area (Å²) in [7, 11) is 3.08. The highest BCUT2D eigenvalue weighted by molar-refractivity contribution is 9.11. The SMILES string of the molecule is C=C.C=C.CN(CCO)Cc1c(Br)c(CCO)c(Br)c([N+](C)(O)O)c1Br. The molecular weight excluding hydrogens is 536 g/mol. The van der Waals surface area contributed by atoms with Gasteiger partial charge in [-0.25, -0.2) is 0 Å². The number of halogens is 3. The van der Waals surface area contributed by atoms with Crippen LogP contribution in [-0.4, -0.2) is 59.4 Å². The standard InChI is InChI=1S/C13H20Br3N2O4.2C2H4/c1-17(4-6-20)7-9-10(14)8(3-5-19)11(15)13(12(9)16)18(2,21)22;2*1-2/h19-22H,3-7H2,1-2H3;2*1-2H2/q+1;;. The fraction of sp³-hybridized carbons (Fsp3) is 0.412. The third-order valence-corrected chi connectivity index (χ3v) is 5.84. The summed E-state index contributed by atoms with van der Waals surface area (Å²) in [5.74, 6) is 0. The maximum Gasteiger partial charge on any atom is 0.228 e. The highest BCUT2D eigenvalue weighted by Crippen LogP contribution is 2.45. The van der Waals surface area contributed by atoms with E-state index in [0.717, 1.165) is 15.6 Å². The summed E-state index contributed by atoms with van der Waals surface area (Å²) in [5, 5.41) is 38.3. The second kappa shape index (κ2) is 14.0. The molecule has 9 heteroatoms. The van der Waals surface area contributed by atoms with Gasteiger partial charge in [-0.05, 0) is 55.7 Å². The maximum absolute atomic E-state index is 10.00. The number of quaternary nitrogens is 1. The van der Waals surface area contributed by atoms with Gasteiger partial charge in [-0.3, -0.25) is 4.90 Å². The monoisotopic (exact) mass is 561 g/mol. The lowest BCUT2D eigenvalue weighted by molar-refractivity contribution is -0.273. The third-order valence-electron chi connectivity index (χ3n) is 3.17. The third kappa shape index (κ3) is 7.87. The number of hydrogen-bond donors (Lipinski definition) is 4. The summed E-state index contributed by atoms with van der Waals surface area (Å²) in [6.45, 7) is 12.9. The van der Waals surface area contributed by atoms with Crippen LogP contribution in [0.4, 0.5) is 5.69 Å². The van der Waals surface area contributed by atoms with Crippen molar-refractivity contribution in [3.63, 3.8) is 0 Å². The van der Waals surface area contributed by atoms with Crippen LogP contribution in [0.3, 0.4) is 0 Å². The van der Waals surface area contributed by atoms with Gasteiger partial charge in [-0.2, -0.15) is 10.4 Å². The minimum Gasteiger partial charge on any atom is -0.396 e. The summed E-state index contributed by atoms with van der Waals surface area (Å²) in [5.41, 5.74) is 1.81. The average molecular weight is 564 g/mol. The van der Waals surface area contributed by atoms with Crippen LogP contribution in [0.15, 0.2) is 39.7 Å². The number of hydrogen-bond acceptors (Lipinski definition) is 5. The van der Waals surface area contributed by atoms with E-state index in [9.17, 15) is 15.5 Å². The molecule has 0 saturated carbocycles. The van der Waals surface area contributed by atoms with Crippen LogP contribution < -0.4 is 4.81 Å². The van der Waals surface area contributed by atoms with Gasteiger partial charge in [-0.15, -0.1) is 26.3 Å². The first kappa shape index (κ1) is 28.1. The predicted molar refractivity (Wildman–Crippen MR) is 118 cm³/mol. The molecule has 1 aromatic carbocycles. The molecule has 0 unspecified atom stereocenters. The van der Waals surface area contributed by atoms with E-state index in [0.29, 0.717) is 28.5 Å². The second-order valence-electron chi connectivity index (χ2n) is 5.10. The molecule has 0 aliphatic carbocycles. The minimum atomic E-state index is -1.34. The Morgan fingerprint density at radius 1 is 0.885 bits per heavy atom. The molecule has 0 spiro atoms. The number of benzene rings is 1. The van der Waals surface area contributed by atoms with Crippen LogP contribution in [-0.2, 0) is 13.0 Å². The molecule has 150 valence electrons. The molecule has 1 rings (SSSR count). The maximum atomic E-state index is 10.00. The minimum absolute atomic E-state index is 0.0341. The Kier molecular flexibility index (Phi) is 15.1. The molecular formula is C17H28Br3N2O4+. The lowest BCUT2D eigenvalue weighted by atomic mass is 10.1. The van der Waals surface area contributed by atoms with Crippen LogP contribution in [0, 0.1) is 0 Å². The van der Waals surface area contributed by atoms with E-state index >= 15 is 0 Å². The molecule has 0 bridgehead atoms. The van der Waals surface area contributed by atoms with E-state index < -0.39 is 4.81 Å². The fourth-order valence-electron chi connectivity index (χ4n) is 2.12. The second-order valence-corrected chi connectivity index (χ2v) is 7.47. The molecule has 0 atom stereocenters. The zero-order valence-corrected chi connectivity index (χ0v) is 19.9. The van der Waals surface area contributed by atoms with E-state index in [4.69, 9.17) is 5.11 Å². The Hall–Kier alpha value is -0.100. The van der Waals surface area contributed by atoms with Crippen LogP contribution in [0.5, 0.6) is 0 Å². The quantitative estimate of drug-likeness (QED) is 0.226. The molecule has 0 saturated heterocycles. The average Bonchev–Trinajstić information content (AvgIpc) is 2.58. The molecule has 0 radical (unpaired) electrons. The largest absolute Gasteiger partial charge is 0.396 e. The lowest BCUT2D eigenvalue weighted by Gasteiger charge is -2.25. The normalized spacial score (nSPS) is 10.7. The summed E-state index contributed by atoms with van der Waals surface area (Å²) in [6.07, 6.45) is 0.359. The Balaban J connectivity index is 0. The molecule has 0 aromatic heterocycles. The topological polar surface area (TPSA) is 84.2 Å². The van der Waals surface area contributed by atoms with E-state index in [1.54, 1.807) is 0 Å². The van der Waals surface area contributed by atoms with Crippen molar-refractivity contribution in [1.82, 2.24) is 9.71 Å². The van der Waals surface area contributed by atoms with Crippen molar-refractivity contribution in [3.8, 4) is 0 Å². The first-order valence-corrected chi connectivity index (χ1v) is 9.94. The Morgan fingerprint density at radius 2 is 1.35 bits per heavy atom. The molecule has 0 heterocycles. The zero-order valence-electron chi connectivity index (χ0n) is 15.2. The van der Waals surface area contributed by atoms with Gasteiger partial charge in [0.15, 0.2) is 0 Å². The van der Waals surface area contributed by atoms with Gasteiger partial charge in [-0.1, -0.05) is 15.9 Å². The number of aliphatic hydroxyl groups is 2. The van der Waals surface area contributed by atoms with Gasteiger partial charge < -0.3 is 10.2 Å². The van der Waals surface area contributed by atoms with Crippen molar-refractivity contribution in [2.45, 2.75) is 13.0 Å². The Bertz CT molecular complexity index is 564. The highest BCUT2D eigenvalue weighted by Gasteiger charge is 2.33. The lowest BCUT2D eigenvalue weighted by Crippen LogP contribution is -2.38. The summed E-state index contributed by atoms with van der Waals surface area (Å²) >= 11 is 10.4. The molecule has 0 amide bonds. The van der Waals surface area contributed by atoms with Crippen molar-refractivity contribution >= 4 is 53.5 Å². The van der Waals surface area contributed by atoms with E-state index in [-0.39, 0.29) is 18.9 Å². The first-order valence-electron chi connectivity index (χ1n) is 7.56. The van der Waals surface area contributed by atoms with Gasteiger partial charge in [0.1, 0.15) is 7.05 Å². The van der Waals surface area contributed by atoms with Crippen molar-refractivity contribution in [3.05, 3.63) is 50.9 Å². The number of likely N-dealkylation sites (N-methyl/N-ethyl adjacent to an activating group) is 1. The summed E-state index contributed by atoms with van der Waals surface area (Å²) < 4.78 is 1.84. The molecule has 4 N–H and O–H groups in total.